The van der Waals surface area contributed by atoms with Gasteiger partial charge in [-0.3, -0.25) is 14.3 Å². The number of hydrogen-bond acceptors (Lipinski definition) is 6. The van der Waals surface area contributed by atoms with Gasteiger partial charge in [0.1, 0.15) is 5.76 Å². The average molecular weight is 412 g/mol. The Hall–Kier alpha value is -2.61. The van der Waals surface area contributed by atoms with Crippen LogP contribution in [-0.2, 0) is 11.3 Å². The molecule has 0 aromatic carbocycles. The van der Waals surface area contributed by atoms with Crippen LogP contribution in [0.1, 0.15) is 44.3 Å². The number of nitrogens with one attached hydrogen (secondary N) is 1. The fraction of sp³-hybridized carbons (Fsp3) is 0.429. The molecule has 1 fully saturated rings. The largest absolute Gasteiger partial charge is 0.467 e. The van der Waals surface area contributed by atoms with Crippen molar-refractivity contribution in [2.24, 2.45) is 0 Å². The Balaban J connectivity index is 1.46. The van der Waals surface area contributed by atoms with Crippen LogP contribution in [0.15, 0.2) is 52.5 Å². The molecule has 1 aliphatic carbocycles. The Bertz CT molecular complexity index is 903. The van der Waals surface area contributed by atoms with Crippen LogP contribution in [0.3, 0.4) is 0 Å². The first kappa shape index (κ1) is 19.7. The number of rotatable bonds is 7. The molecule has 0 atom stereocenters. The van der Waals surface area contributed by atoms with Gasteiger partial charge in [-0.25, -0.2) is 0 Å². The number of carbonyl (C=O) groups excluding carboxylic acids is 1. The molecule has 0 aliphatic heterocycles. The first-order valence-electron chi connectivity index (χ1n) is 10.1. The van der Waals surface area contributed by atoms with E-state index < -0.39 is 0 Å². The summed E-state index contributed by atoms with van der Waals surface area (Å²) in [4.78, 5) is 16.7. The lowest BCUT2D eigenvalue weighted by molar-refractivity contribution is -0.119. The summed E-state index contributed by atoms with van der Waals surface area (Å²) in [6, 6.07) is 7.89. The minimum atomic E-state index is 0.0531. The second-order valence-electron chi connectivity index (χ2n) is 7.26. The van der Waals surface area contributed by atoms with Crippen LogP contribution in [0.2, 0.25) is 0 Å². The van der Waals surface area contributed by atoms with E-state index in [0.29, 0.717) is 29.3 Å². The van der Waals surface area contributed by atoms with Crippen LogP contribution in [-0.4, -0.2) is 37.5 Å². The molecule has 0 spiro atoms. The van der Waals surface area contributed by atoms with E-state index >= 15 is 0 Å². The number of pyridine rings is 1. The van der Waals surface area contributed by atoms with Crippen molar-refractivity contribution in [3.8, 4) is 11.4 Å². The van der Waals surface area contributed by atoms with Gasteiger partial charge in [-0.05, 0) is 37.1 Å². The highest BCUT2D eigenvalue weighted by molar-refractivity contribution is 7.99. The molecule has 4 rings (SSSR count). The first-order chi connectivity index (χ1) is 14.3. The molecule has 0 saturated heterocycles. The number of aromatic nitrogens is 4. The van der Waals surface area contributed by atoms with Gasteiger partial charge >= 0.3 is 0 Å². The number of furan rings is 1. The van der Waals surface area contributed by atoms with Crippen LogP contribution < -0.4 is 5.32 Å². The van der Waals surface area contributed by atoms with E-state index in [1.165, 1.54) is 37.4 Å². The van der Waals surface area contributed by atoms with Crippen LogP contribution in [0.4, 0.5) is 0 Å². The van der Waals surface area contributed by atoms with Gasteiger partial charge in [-0.2, -0.15) is 0 Å². The Morgan fingerprint density at radius 3 is 2.76 bits per heavy atom. The highest BCUT2D eigenvalue weighted by Crippen LogP contribution is 2.25. The fourth-order valence-electron chi connectivity index (χ4n) is 3.63. The SMILES string of the molecule is O=C(CSc1nnc(-c2cccnc2)n1Cc1ccco1)NC1CCCCCC1. The van der Waals surface area contributed by atoms with Gasteiger partial charge in [0.15, 0.2) is 11.0 Å². The lowest BCUT2D eigenvalue weighted by Gasteiger charge is -2.16. The molecular formula is C21H25N5O2S. The van der Waals surface area contributed by atoms with Crippen molar-refractivity contribution in [1.29, 1.82) is 0 Å². The maximum absolute atomic E-state index is 12.5. The van der Waals surface area contributed by atoms with Crippen molar-refractivity contribution in [3.63, 3.8) is 0 Å². The Kier molecular flexibility index (Phi) is 6.61. The molecule has 1 saturated carbocycles. The molecule has 1 N–H and O–H groups in total. The molecule has 0 bridgehead atoms. The summed E-state index contributed by atoms with van der Waals surface area (Å²) in [7, 11) is 0. The topological polar surface area (TPSA) is 85.8 Å². The zero-order chi connectivity index (χ0) is 19.9. The van der Waals surface area contributed by atoms with Crippen LogP contribution in [0.5, 0.6) is 0 Å². The maximum atomic E-state index is 12.5. The maximum Gasteiger partial charge on any atom is 0.230 e. The summed E-state index contributed by atoms with van der Waals surface area (Å²) in [5, 5.41) is 12.6. The number of thioether (sulfide) groups is 1. The molecule has 29 heavy (non-hydrogen) atoms. The van der Waals surface area contributed by atoms with Gasteiger partial charge in [-0.15, -0.1) is 10.2 Å². The summed E-state index contributed by atoms with van der Waals surface area (Å²) in [6.45, 7) is 0.497. The van der Waals surface area contributed by atoms with E-state index in [-0.39, 0.29) is 5.91 Å². The van der Waals surface area contributed by atoms with E-state index in [2.05, 4.69) is 20.5 Å². The first-order valence-corrected chi connectivity index (χ1v) is 11.1. The molecule has 0 unspecified atom stereocenters. The molecule has 3 aromatic rings. The summed E-state index contributed by atoms with van der Waals surface area (Å²) in [5.74, 6) is 1.89. The molecule has 7 nitrogen and oxygen atoms in total. The summed E-state index contributed by atoms with van der Waals surface area (Å²) in [5.41, 5.74) is 0.876. The van der Waals surface area contributed by atoms with Gasteiger partial charge < -0.3 is 9.73 Å². The van der Waals surface area contributed by atoms with E-state index in [1.807, 2.05) is 28.8 Å². The standard InChI is InChI=1S/C21H25N5O2S/c27-19(23-17-8-3-1-2-4-9-17)15-29-21-25-24-20(16-7-5-11-22-13-16)26(21)14-18-10-6-12-28-18/h5-7,10-13,17H,1-4,8-9,14-15H2,(H,23,27). The molecule has 1 amide bonds. The van der Waals surface area contributed by atoms with Crippen molar-refractivity contribution in [2.45, 2.75) is 56.3 Å². The fourth-order valence-corrected chi connectivity index (χ4v) is 4.38. The summed E-state index contributed by atoms with van der Waals surface area (Å²) < 4.78 is 7.48. The second kappa shape index (κ2) is 9.73. The molecule has 152 valence electrons. The zero-order valence-corrected chi connectivity index (χ0v) is 17.1. The zero-order valence-electron chi connectivity index (χ0n) is 16.3. The number of carbonyl (C=O) groups is 1. The average Bonchev–Trinajstić information content (AvgIpc) is 3.32. The third kappa shape index (κ3) is 5.26. The Labute approximate surface area is 174 Å². The number of hydrogen-bond donors (Lipinski definition) is 1. The normalized spacial score (nSPS) is 15.2. The summed E-state index contributed by atoms with van der Waals surface area (Å²) >= 11 is 1.40. The summed E-state index contributed by atoms with van der Waals surface area (Å²) in [6.07, 6.45) is 12.2. The third-order valence-corrected chi connectivity index (χ3v) is 6.05. The van der Waals surface area contributed by atoms with Crippen molar-refractivity contribution in [1.82, 2.24) is 25.1 Å². The predicted octanol–water partition coefficient (Wildman–Crippen LogP) is 3.91. The van der Waals surface area contributed by atoms with Gasteiger partial charge in [0.25, 0.3) is 0 Å². The van der Waals surface area contributed by atoms with Crippen molar-refractivity contribution in [2.75, 3.05) is 5.75 Å². The van der Waals surface area contributed by atoms with Gasteiger partial charge in [0, 0.05) is 24.0 Å². The minimum Gasteiger partial charge on any atom is -0.467 e. The van der Waals surface area contributed by atoms with Crippen LogP contribution in [0.25, 0.3) is 11.4 Å². The second-order valence-corrected chi connectivity index (χ2v) is 8.20. The molecule has 1 aliphatic rings. The van der Waals surface area contributed by atoms with Crippen LogP contribution >= 0.6 is 11.8 Å². The lowest BCUT2D eigenvalue weighted by Crippen LogP contribution is -2.35. The molecule has 8 heteroatoms. The molecule has 3 aromatic heterocycles. The van der Waals surface area contributed by atoms with E-state index in [1.54, 1.807) is 18.7 Å². The Morgan fingerprint density at radius 2 is 2.03 bits per heavy atom. The van der Waals surface area contributed by atoms with Gasteiger partial charge in [0.2, 0.25) is 5.91 Å². The number of amides is 1. The van der Waals surface area contributed by atoms with E-state index in [9.17, 15) is 4.79 Å². The monoisotopic (exact) mass is 411 g/mol. The van der Waals surface area contributed by atoms with E-state index in [4.69, 9.17) is 4.42 Å². The smallest absolute Gasteiger partial charge is 0.230 e. The number of nitrogens with zero attached hydrogens (tertiary/aromatic N) is 4. The van der Waals surface area contributed by atoms with Gasteiger partial charge in [0.05, 0.1) is 18.6 Å². The van der Waals surface area contributed by atoms with Gasteiger partial charge in [-0.1, -0.05) is 37.4 Å². The van der Waals surface area contributed by atoms with Crippen molar-refractivity contribution in [3.05, 3.63) is 48.7 Å². The Morgan fingerprint density at radius 1 is 1.17 bits per heavy atom. The molecule has 0 radical (unpaired) electrons. The highest BCUT2D eigenvalue weighted by Gasteiger charge is 2.19. The van der Waals surface area contributed by atoms with Crippen molar-refractivity contribution < 1.29 is 9.21 Å². The minimum absolute atomic E-state index is 0.0531. The van der Waals surface area contributed by atoms with E-state index in [0.717, 1.165) is 24.2 Å². The molecular weight excluding hydrogens is 386 g/mol. The lowest BCUT2D eigenvalue weighted by atomic mass is 10.1. The predicted molar refractivity (Wildman–Crippen MR) is 111 cm³/mol. The highest BCUT2D eigenvalue weighted by atomic mass is 32.2. The third-order valence-electron chi connectivity index (χ3n) is 5.08. The quantitative estimate of drug-likeness (QED) is 0.469. The van der Waals surface area contributed by atoms with Crippen molar-refractivity contribution >= 4 is 17.7 Å². The van der Waals surface area contributed by atoms with Crippen LogP contribution in [0, 0.1) is 0 Å². The molecule has 3 heterocycles.